The molecule has 5 rings (SSSR count). The van der Waals surface area contributed by atoms with Crippen molar-refractivity contribution in [2.45, 2.75) is 13.1 Å². The van der Waals surface area contributed by atoms with E-state index in [2.05, 4.69) is 5.32 Å². The van der Waals surface area contributed by atoms with Crippen LogP contribution in [0.3, 0.4) is 0 Å². The van der Waals surface area contributed by atoms with Crippen molar-refractivity contribution in [1.82, 2.24) is 9.88 Å². The number of nitrogens with one attached hydrogen (secondary N) is 1. The van der Waals surface area contributed by atoms with E-state index in [1.807, 2.05) is 60.7 Å². The molecule has 4 aromatic rings. The van der Waals surface area contributed by atoms with Crippen molar-refractivity contribution in [3.8, 4) is 21.9 Å². The van der Waals surface area contributed by atoms with Crippen molar-refractivity contribution in [3.05, 3.63) is 105 Å². The molecule has 0 saturated heterocycles. The molecule has 0 fully saturated rings. The number of aromatic nitrogens is 1. The fourth-order valence-electron chi connectivity index (χ4n) is 3.63. The van der Waals surface area contributed by atoms with Gasteiger partial charge in [0.25, 0.3) is 11.5 Å². The molecule has 0 unspecified atom stereocenters. The normalized spacial score (nSPS) is 12.4. The number of carbonyl (C=O) groups excluding carboxylic acids is 1. The molecule has 0 spiro atoms. The van der Waals surface area contributed by atoms with Gasteiger partial charge in [-0.05, 0) is 53.1 Å². The van der Waals surface area contributed by atoms with Crippen molar-refractivity contribution < 1.29 is 14.3 Å². The van der Waals surface area contributed by atoms with Crippen LogP contribution in [-0.2, 0) is 13.1 Å². The molecule has 0 radical (unpaired) electrons. The Hall–Kier alpha value is -3.84. The Morgan fingerprint density at radius 3 is 2.52 bits per heavy atom. The van der Waals surface area contributed by atoms with E-state index in [0.29, 0.717) is 31.2 Å². The average molecular weight is 459 g/mol. The topological polar surface area (TPSA) is 69.6 Å². The third kappa shape index (κ3) is 4.83. The molecule has 1 aliphatic heterocycles. The van der Waals surface area contributed by atoms with Gasteiger partial charge in [0.15, 0.2) is 11.5 Å². The summed E-state index contributed by atoms with van der Waals surface area (Å²) in [4.78, 5) is 26.2. The average Bonchev–Trinajstić information content (AvgIpc) is 3.35. The van der Waals surface area contributed by atoms with Gasteiger partial charge in [-0.2, -0.15) is 0 Å². The van der Waals surface area contributed by atoms with Crippen LogP contribution in [-0.4, -0.2) is 23.7 Å². The Labute approximate surface area is 195 Å². The zero-order valence-electron chi connectivity index (χ0n) is 17.8. The first-order valence-electron chi connectivity index (χ1n) is 10.7. The van der Waals surface area contributed by atoms with Crippen molar-refractivity contribution in [2.75, 3.05) is 13.2 Å². The summed E-state index contributed by atoms with van der Waals surface area (Å²) >= 11 is 1.44. The van der Waals surface area contributed by atoms with Crippen LogP contribution in [0.4, 0.5) is 0 Å². The molecule has 0 aliphatic carbocycles. The monoisotopic (exact) mass is 458 g/mol. The fraction of sp³-hybridized carbons (Fsp3) is 0.154. The van der Waals surface area contributed by atoms with E-state index in [-0.39, 0.29) is 11.5 Å². The molecular formula is C26H22N2O4S. The lowest BCUT2D eigenvalue weighted by Gasteiger charge is -2.18. The van der Waals surface area contributed by atoms with Gasteiger partial charge in [0.2, 0.25) is 0 Å². The lowest BCUT2D eigenvalue weighted by Crippen LogP contribution is -2.21. The number of rotatable bonds is 6. The number of carbonyl (C=O) groups is 1. The standard InChI is InChI=1S/C26H22N2O4S/c29-25-3-1-2-12-28(25)17-19-6-4-18(5-7-19)16-27-26(30)24-11-10-23(33-24)20-8-9-21-22(15-20)32-14-13-31-21/h1-12,15H,13-14,16-17H2,(H,27,30). The van der Waals surface area contributed by atoms with Crippen LogP contribution in [0.25, 0.3) is 10.4 Å². The summed E-state index contributed by atoms with van der Waals surface area (Å²) in [5, 5.41) is 2.98. The second-order valence-corrected chi connectivity index (χ2v) is 8.77. The summed E-state index contributed by atoms with van der Waals surface area (Å²) in [6.45, 7) is 2.05. The first kappa shape index (κ1) is 21.0. The smallest absolute Gasteiger partial charge is 0.261 e. The van der Waals surface area contributed by atoms with Crippen LogP contribution in [0.15, 0.2) is 83.8 Å². The van der Waals surface area contributed by atoms with Gasteiger partial charge < -0.3 is 19.4 Å². The van der Waals surface area contributed by atoms with Crippen LogP contribution >= 0.6 is 11.3 Å². The fourth-order valence-corrected chi connectivity index (χ4v) is 4.55. The summed E-state index contributed by atoms with van der Waals surface area (Å²) in [5.74, 6) is 1.38. The van der Waals surface area contributed by atoms with Gasteiger partial charge in [-0.15, -0.1) is 11.3 Å². The lowest BCUT2D eigenvalue weighted by molar-refractivity contribution is 0.0955. The zero-order valence-corrected chi connectivity index (χ0v) is 18.6. The maximum absolute atomic E-state index is 12.7. The number of thiophene rings is 1. The predicted octanol–water partition coefficient (Wildman–Crippen LogP) is 4.33. The van der Waals surface area contributed by atoms with Crippen LogP contribution in [0, 0.1) is 0 Å². The largest absolute Gasteiger partial charge is 0.486 e. The maximum Gasteiger partial charge on any atom is 0.261 e. The van der Waals surface area contributed by atoms with Gasteiger partial charge in [-0.25, -0.2) is 0 Å². The number of pyridine rings is 1. The molecule has 1 N–H and O–H groups in total. The number of amides is 1. The Kier molecular flexibility index (Phi) is 5.95. The third-order valence-corrected chi connectivity index (χ3v) is 6.52. The van der Waals surface area contributed by atoms with Gasteiger partial charge in [-0.1, -0.05) is 30.3 Å². The Balaban J connectivity index is 1.20. The van der Waals surface area contributed by atoms with E-state index in [1.54, 1.807) is 22.9 Å². The maximum atomic E-state index is 12.7. The molecule has 2 aromatic heterocycles. The molecule has 7 heteroatoms. The van der Waals surface area contributed by atoms with Gasteiger partial charge in [0.1, 0.15) is 13.2 Å². The number of benzene rings is 2. The number of ether oxygens (including phenoxy) is 2. The van der Waals surface area contributed by atoms with E-state index in [4.69, 9.17) is 9.47 Å². The molecule has 2 aromatic carbocycles. The van der Waals surface area contributed by atoms with E-state index in [1.165, 1.54) is 11.3 Å². The Morgan fingerprint density at radius 2 is 1.70 bits per heavy atom. The highest BCUT2D eigenvalue weighted by molar-refractivity contribution is 7.17. The van der Waals surface area contributed by atoms with Gasteiger partial charge in [0.05, 0.1) is 11.4 Å². The van der Waals surface area contributed by atoms with Crippen LogP contribution in [0.2, 0.25) is 0 Å². The van der Waals surface area contributed by atoms with E-state index in [0.717, 1.165) is 33.1 Å². The second-order valence-electron chi connectivity index (χ2n) is 7.69. The molecule has 166 valence electrons. The molecule has 33 heavy (non-hydrogen) atoms. The second kappa shape index (κ2) is 9.34. The molecule has 6 nitrogen and oxygen atoms in total. The van der Waals surface area contributed by atoms with Crippen molar-refractivity contribution in [2.24, 2.45) is 0 Å². The van der Waals surface area contributed by atoms with Crippen LogP contribution < -0.4 is 20.3 Å². The highest BCUT2D eigenvalue weighted by Crippen LogP contribution is 2.36. The van der Waals surface area contributed by atoms with Crippen molar-refractivity contribution >= 4 is 17.2 Å². The first-order valence-corrected chi connectivity index (χ1v) is 11.5. The molecule has 3 heterocycles. The minimum Gasteiger partial charge on any atom is -0.486 e. The van der Waals surface area contributed by atoms with E-state index in [9.17, 15) is 9.59 Å². The van der Waals surface area contributed by atoms with Gasteiger partial charge >= 0.3 is 0 Å². The zero-order chi connectivity index (χ0) is 22.6. The SMILES string of the molecule is O=C(NCc1ccc(Cn2ccccc2=O)cc1)c1ccc(-c2ccc3c(c2)OCCO3)s1. The highest BCUT2D eigenvalue weighted by atomic mass is 32.1. The van der Waals surface area contributed by atoms with Crippen molar-refractivity contribution in [3.63, 3.8) is 0 Å². The summed E-state index contributed by atoms with van der Waals surface area (Å²) in [7, 11) is 0. The predicted molar refractivity (Wildman–Crippen MR) is 128 cm³/mol. The molecule has 1 aliphatic rings. The van der Waals surface area contributed by atoms with Gasteiger partial charge in [-0.3, -0.25) is 9.59 Å². The van der Waals surface area contributed by atoms with E-state index < -0.39 is 0 Å². The molecule has 0 saturated carbocycles. The first-order chi connectivity index (χ1) is 16.2. The van der Waals surface area contributed by atoms with E-state index >= 15 is 0 Å². The Morgan fingerprint density at radius 1 is 0.909 bits per heavy atom. The van der Waals surface area contributed by atoms with Crippen LogP contribution in [0.1, 0.15) is 20.8 Å². The molecule has 1 amide bonds. The number of hydrogen-bond donors (Lipinski definition) is 1. The number of nitrogens with zero attached hydrogens (tertiary/aromatic N) is 1. The summed E-state index contributed by atoms with van der Waals surface area (Å²) in [6.07, 6.45) is 1.77. The summed E-state index contributed by atoms with van der Waals surface area (Å²) < 4.78 is 12.9. The summed E-state index contributed by atoms with van der Waals surface area (Å²) in [5.41, 5.74) is 2.99. The quantitative estimate of drug-likeness (QED) is 0.467. The highest BCUT2D eigenvalue weighted by Gasteiger charge is 2.15. The third-order valence-electron chi connectivity index (χ3n) is 5.38. The summed E-state index contributed by atoms with van der Waals surface area (Å²) in [6, 6.07) is 22.6. The van der Waals surface area contributed by atoms with Gasteiger partial charge in [0, 0.05) is 23.7 Å². The molecule has 0 bridgehead atoms. The molecular weight excluding hydrogens is 436 g/mol. The lowest BCUT2D eigenvalue weighted by atomic mass is 10.1. The van der Waals surface area contributed by atoms with Crippen LogP contribution in [0.5, 0.6) is 11.5 Å². The number of fused-ring (bicyclic) bond motifs is 1. The minimum absolute atomic E-state index is 0.0274. The number of hydrogen-bond acceptors (Lipinski definition) is 5. The minimum atomic E-state index is -0.108. The molecule has 0 atom stereocenters. The Bertz CT molecular complexity index is 1340. The van der Waals surface area contributed by atoms with Crippen molar-refractivity contribution in [1.29, 1.82) is 0 Å².